The van der Waals surface area contributed by atoms with E-state index in [1.165, 1.54) is 6.07 Å². The highest BCUT2D eigenvalue weighted by molar-refractivity contribution is 7.89. The second kappa shape index (κ2) is 9.18. The molecule has 0 unspecified atom stereocenters. The van der Waals surface area contributed by atoms with Crippen LogP contribution >= 0.6 is 0 Å². The summed E-state index contributed by atoms with van der Waals surface area (Å²) in [5.74, 6) is -0.747. The topological polar surface area (TPSA) is 113 Å². The first kappa shape index (κ1) is 21.7. The van der Waals surface area contributed by atoms with Gasteiger partial charge in [-0.1, -0.05) is 12.1 Å². The summed E-state index contributed by atoms with van der Waals surface area (Å²) in [5.41, 5.74) is 0.536. The Kier molecular flexibility index (Phi) is 6.63. The number of carbonyl (C=O) groups excluding carboxylic acids is 1. The van der Waals surface area contributed by atoms with Gasteiger partial charge in [0.25, 0.3) is 5.69 Å². The van der Waals surface area contributed by atoms with Crippen LogP contribution in [-0.4, -0.2) is 56.9 Å². The lowest BCUT2D eigenvalue weighted by molar-refractivity contribution is -0.384. The number of piperazine rings is 1. The molecular formula is C19H21FN4O5S. The molecular weight excluding hydrogens is 415 g/mol. The molecule has 0 spiro atoms. The summed E-state index contributed by atoms with van der Waals surface area (Å²) in [4.78, 5) is 26.6. The minimum absolute atomic E-state index is 0.0208. The van der Waals surface area contributed by atoms with Gasteiger partial charge in [0.1, 0.15) is 11.5 Å². The first-order valence-corrected chi connectivity index (χ1v) is 10.8. The number of carbonyl (C=O) groups is 1. The van der Waals surface area contributed by atoms with Crippen LogP contribution in [0.5, 0.6) is 0 Å². The van der Waals surface area contributed by atoms with E-state index >= 15 is 0 Å². The fourth-order valence-electron chi connectivity index (χ4n) is 3.23. The molecule has 0 radical (unpaired) electrons. The van der Waals surface area contributed by atoms with Gasteiger partial charge in [0.15, 0.2) is 0 Å². The standard InChI is InChI=1S/C19H21FN4O5S/c20-15-5-7-16(8-6-15)30(28,29)21-10-9-19(25)23-13-11-22(12-14-23)17-3-1-2-4-18(17)24(26)27/h1-8,21H,9-14H2. The van der Waals surface area contributed by atoms with Crippen molar-refractivity contribution in [2.45, 2.75) is 11.3 Å². The lowest BCUT2D eigenvalue weighted by Crippen LogP contribution is -2.49. The van der Waals surface area contributed by atoms with E-state index < -0.39 is 20.8 Å². The molecule has 1 aliphatic rings. The first-order chi connectivity index (χ1) is 14.3. The number of hydrogen-bond donors (Lipinski definition) is 1. The maximum Gasteiger partial charge on any atom is 0.292 e. The Balaban J connectivity index is 1.50. The molecule has 0 aromatic heterocycles. The Morgan fingerprint density at radius 3 is 2.33 bits per heavy atom. The molecule has 1 saturated heterocycles. The molecule has 2 aromatic carbocycles. The SMILES string of the molecule is O=C(CCNS(=O)(=O)c1ccc(F)cc1)N1CCN(c2ccccc2[N+](=O)[O-])CC1. The van der Waals surface area contributed by atoms with E-state index in [2.05, 4.69) is 4.72 Å². The first-order valence-electron chi connectivity index (χ1n) is 9.29. The quantitative estimate of drug-likeness (QED) is 0.523. The van der Waals surface area contributed by atoms with Gasteiger partial charge in [-0.05, 0) is 30.3 Å². The van der Waals surface area contributed by atoms with Crippen LogP contribution in [-0.2, 0) is 14.8 Å². The lowest BCUT2D eigenvalue weighted by atomic mass is 10.2. The van der Waals surface area contributed by atoms with Crippen LogP contribution in [0, 0.1) is 15.9 Å². The number of anilines is 1. The Morgan fingerprint density at radius 2 is 1.70 bits per heavy atom. The number of amides is 1. The van der Waals surface area contributed by atoms with Crippen molar-refractivity contribution in [3.8, 4) is 0 Å². The second-order valence-electron chi connectivity index (χ2n) is 6.72. The third-order valence-corrected chi connectivity index (χ3v) is 6.28. The minimum Gasteiger partial charge on any atom is -0.362 e. The maximum atomic E-state index is 12.9. The molecule has 9 nitrogen and oxygen atoms in total. The third-order valence-electron chi connectivity index (χ3n) is 4.81. The van der Waals surface area contributed by atoms with Crippen molar-refractivity contribution in [3.05, 3.63) is 64.5 Å². The number of hydrogen-bond acceptors (Lipinski definition) is 6. The number of nitro groups is 1. The molecule has 1 fully saturated rings. The van der Waals surface area contributed by atoms with Crippen molar-refractivity contribution < 1.29 is 22.5 Å². The molecule has 1 amide bonds. The molecule has 1 heterocycles. The molecule has 30 heavy (non-hydrogen) atoms. The number of nitro benzene ring substituents is 1. The molecule has 0 saturated carbocycles. The van der Waals surface area contributed by atoms with Crippen LogP contribution in [0.2, 0.25) is 0 Å². The van der Waals surface area contributed by atoms with Gasteiger partial charge in [-0.15, -0.1) is 0 Å². The molecule has 2 aromatic rings. The van der Waals surface area contributed by atoms with Crippen LogP contribution in [0.25, 0.3) is 0 Å². The number of nitrogens with zero attached hydrogens (tertiary/aromatic N) is 3. The number of para-hydroxylation sites is 2. The van der Waals surface area contributed by atoms with Crippen molar-refractivity contribution >= 4 is 27.3 Å². The average Bonchev–Trinajstić information content (AvgIpc) is 2.74. The monoisotopic (exact) mass is 436 g/mol. The van der Waals surface area contributed by atoms with Gasteiger partial charge in [0.2, 0.25) is 15.9 Å². The Labute approximate surface area is 173 Å². The summed E-state index contributed by atoms with van der Waals surface area (Å²) in [5, 5.41) is 11.2. The van der Waals surface area contributed by atoms with Crippen molar-refractivity contribution in [2.24, 2.45) is 0 Å². The van der Waals surface area contributed by atoms with Crippen LogP contribution < -0.4 is 9.62 Å². The lowest BCUT2D eigenvalue weighted by Gasteiger charge is -2.35. The van der Waals surface area contributed by atoms with Crippen LogP contribution in [0.15, 0.2) is 53.4 Å². The number of sulfonamides is 1. The van der Waals surface area contributed by atoms with E-state index in [0.717, 1.165) is 24.3 Å². The van der Waals surface area contributed by atoms with Crippen molar-refractivity contribution in [1.82, 2.24) is 9.62 Å². The predicted molar refractivity (Wildman–Crippen MR) is 108 cm³/mol. The van der Waals surface area contributed by atoms with Crippen LogP contribution in [0.1, 0.15) is 6.42 Å². The second-order valence-corrected chi connectivity index (χ2v) is 8.48. The molecule has 0 aliphatic carbocycles. The number of rotatable bonds is 7. The van der Waals surface area contributed by atoms with E-state index in [0.29, 0.717) is 31.9 Å². The third kappa shape index (κ3) is 5.10. The van der Waals surface area contributed by atoms with E-state index in [1.54, 1.807) is 23.1 Å². The number of halogens is 1. The highest BCUT2D eigenvalue weighted by Gasteiger charge is 2.25. The highest BCUT2D eigenvalue weighted by Crippen LogP contribution is 2.28. The Bertz CT molecular complexity index is 1020. The van der Waals surface area contributed by atoms with Gasteiger partial charge in [-0.3, -0.25) is 14.9 Å². The number of benzene rings is 2. The molecule has 0 atom stereocenters. The van der Waals surface area contributed by atoms with E-state index in [4.69, 9.17) is 0 Å². The van der Waals surface area contributed by atoms with Crippen molar-refractivity contribution in [1.29, 1.82) is 0 Å². The molecule has 1 N–H and O–H groups in total. The van der Waals surface area contributed by atoms with Crippen LogP contribution in [0.3, 0.4) is 0 Å². The van der Waals surface area contributed by atoms with Gasteiger partial charge in [0, 0.05) is 45.2 Å². The normalized spacial score (nSPS) is 14.6. The smallest absolute Gasteiger partial charge is 0.292 e. The van der Waals surface area contributed by atoms with Gasteiger partial charge >= 0.3 is 0 Å². The molecule has 160 valence electrons. The van der Waals surface area contributed by atoms with Gasteiger partial charge in [0.05, 0.1) is 9.82 Å². The zero-order valence-electron chi connectivity index (χ0n) is 16.0. The summed E-state index contributed by atoms with van der Waals surface area (Å²) in [6.45, 7) is 1.57. The van der Waals surface area contributed by atoms with E-state index in [1.807, 2.05) is 4.90 Å². The Hall–Kier alpha value is -3.05. The molecule has 11 heteroatoms. The van der Waals surface area contributed by atoms with Crippen molar-refractivity contribution in [3.63, 3.8) is 0 Å². The highest BCUT2D eigenvalue weighted by atomic mass is 32.2. The van der Waals surface area contributed by atoms with Crippen molar-refractivity contribution in [2.75, 3.05) is 37.6 Å². The molecule has 0 bridgehead atoms. The maximum absolute atomic E-state index is 12.9. The summed E-state index contributed by atoms with van der Waals surface area (Å²) in [6, 6.07) is 10.9. The van der Waals surface area contributed by atoms with E-state index in [9.17, 15) is 27.7 Å². The van der Waals surface area contributed by atoms with Crippen LogP contribution in [0.4, 0.5) is 15.8 Å². The molecule has 1 aliphatic heterocycles. The zero-order chi connectivity index (χ0) is 21.7. The zero-order valence-corrected chi connectivity index (χ0v) is 16.8. The summed E-state index contributed by atoms with van der Waals surface area (Å²) in [7, 11) is -3.82. The minimum atomic E-state index is -3.82. The van der Waals surface area contributed by atoms with Gasteiger partial charge in [-0.2, -0.15) is 0 Å². The fraction of sp³-hybridized carbons (Fsp3) is 0.316. The number of nitrogens with one attached hydrogen (secondary N) is 1. The summed E-state index contributed by atoms with van der Waals surface area (Å²) in [6.07, 6.45) is -0.0219. The fourth-order valence-corrected chi connectivity index (χ4v) is 4.26. The summed E-state index contributed by atoms with van der Waals surface area (Å²) >= 11 is 0. The summed E-state index contributed by atoms with van der Waals surface area (Å²) < 4.78 is 39.6. The van der Waals surface area contributed by atoms with Gasteiger partial charge < -0.3 is 9.80 Å². The predicted octanol–water partition coefficient (Wildman–Crippen LogP) is 1.75. The largest absolute Gasteiger partial charge is 0.362 e. The Morgan fingerprint density at radius 1 is 1.07 bits per heavy atom. The van der Waals surface area contributed by atoms with E-state index in [-0.39, 0.29) is 29.5 Å². The molecule has 3 rings (SSSR count). The average molecular weight is 436 g/mol. The van der Waals surface area contributed by atoms with Gasteiger partial charge in [-0.25, -0.2) is 17.5 Å².